The number of hydrogen-bond acceptors (Lipinski definition) is 5. The highest BCUT2D eigenvalue weighted by atomic mass is 16.5. The minimum absolute atomic E-state index is 0.107. The third-order valence-corrected chi connectivity index (χ3v) is 5.27. The molecule has 0 saturated heterocycles. The molecule has 0 unspecified atom stereocenters. The number of nitrogens with one attached hydrogen (secondary N) is 2. The molecule has 0 aliphatic rings. The zero-order valence-corrected chi connectivity index (χ0v) is 25.2. The second-order valence-electron chi connectivity index (χ2n) is 8.20. The van der Waals surface area contributed by atoms with Crippen molar-refractivity contribution in [2.45, 2.75) is 67.9 Å². The summed E-state index contributed by atoms with van der Waals surface area (Å²) in [5.41, 5.74) is 4.16. The van der Waals surface area contributed by atoms with Crippen LogP contribution in [0.1, 0.15) is 72.4 Å². The summed E-state index contributed by atoms with van der Waals surface area (Å²) in [6, 6.07) is 18.8. The van der Waals surface area contributed by atoms with E-state index in [4.69, 9.17) is 4.74 Å². The van der Waals surface area contributed by atoms with Crippen LogP contribution >= 0.6 is 0 Å². The number of benzene rings is 2. The number of amides is 1. The highest BCUT2D eigenvalue weighted by Crippen LogP contribution is 2.18. The molecule has 0 fully saturated rings. The fourth-order valence-electron chi connectivity index (χ4n) is 3.51. The van der Waals surface area contributed by atoms with Crippen LogP contribution in [0, 0.1) is 0 Å². The van der Waals surface area contributed by atoms with Crippen molar-refractivity contribution < 1.29 is 9.53 Å². The lowest BCUT2D eigenvalue weighted by Gasteiger charge is -2.13. The Bertz CT molecular complexity index is 1260. The zero-order valence-electron chi connectivity index (χ0n) is 25.2. The molecule has 40 heavy (non-hydrogen) atoms. The van der Waals surface area contributed by atoms with Crippen LogP contribution in [0.15, 0.2) is 83.5 Å². The number of allylic oxidation sites excluding steroid dienone is 1. The monoisotopic (exact) mass is 546 g/mol. The van der Waals surface area contributed by atoms with Crippen LogP contribution in [0.2, 0.25) is 0 Å². The predicted molar refractivity (Wildman–Crippen MR) is 168 cm³/mol. The Morgan fingerprint density at radius 3 is 2.35 bits per heavy atom. The van der Waals surface area contributed by atoms with Gasteiger partial charge < -0.3 is 15.4 Å². The van der Waals surface area contributed by atoms with E-state index in [9.17, 15) is 9.59 Å². The largest absolute Gasteiger partial charge is 0.479 e. The molecule has 0 aliphatic carbocycles. The molecule has 1 amide bonds. The van der Waals surface area contributed by atoms with Crippen molar-refractivity contribution in [2.24, 2.45) is 0 Å². The van der Waals surface area contributed by atoms with Gasteiger partial charge in [0.15, 0.2) is 5.88 Å². The van der Waals surface area contributed by atoms with Gasteiger partial charge in [0.2, 0.25) is 5.91 Å². The second-order valence-corrected chi connectivity index (χ2v) is 8.20. The van der Waals surface area contributed by atoms with E-state index in [0.29, 0.717) is 31.3 Å². The maximum atomic E-state index is 12.5. The topological polar surface area (TPSA) is 85.3 Å². The molecule has 0 aliphatic heterocycles. The van der Waals surface area contributed by atoms with Crippen LogP contribution in [0.4, 0.5) is 5.69 Å². The maximum Gasteiger partial charge on any atom is 0.267 e. The Kier molecular flexibility index (Phi) is 16.8. The molecule has 3 aromatic rings. The van der Waals surface area contributed by atoms with Crippen LogP contribution in [0.25, 0.3) is 17.3 Å². The molecule has 1 heterocycles. The van der Waals surface area contributed by atoms with Crippen molar-refractivity contribution in [1.29, 1.82) is 0 Å². The number of carbonyl (C=O) groups is 1. The standard InChI is InChI=1S/C29H34N4O3.2C2H6/c1-4-8-28(36-6-3)31-25-10-7-9-23(20-25)21-33-29(35)18-16-26(32-33)24-14-11-22(12-15-24)13-17-27(34)30-19-5-2;2*1-2/h7-18,20,31H,4-6,19,21H2,1-3H3,(H,30,34);2*1-2H3/b17-13+,28-8+;;. The summed E-state index contributed by atoms with van der Waals surface area (Å²) >= 11 is 0. The first-order chi connectivity index (χ1) is 19.5. The molecule has 2 N–H and O–H groups in total. The Morgan fingerprint density at radius 2 is 1.70 bits per heavy atom. The Morgan fingerprint density at radius 1 is 0.975 bits per heavy atom. The first-order valence-electron chi connectivity index (χ1n) is 14.4. The Balaban J connectivity index is 0.00000191. The van der Waals surface area contributed by atoms with Crippen LogP contribution in [-0.4, -0.2) is 28.8 Å². The van der Waals surface area contributed by atoms with E-state index in [-0.39, 0.29) is 11.5 Å². The van der Waals surface area contributed by atoms with Gasteiger partial charge in [0, 0.05) is 29.9 Å². The van der Waals surface area contributed by atoms with E-state index in [1.807, 2.05) is 96.1 Å². The molecule has 0 bridgehead atoms. The molecular weight excluding hydrogens is 500 g/mol. The normalized spacial score (nSPS) is 10.6. The quantitative estimate of drug-likeness (QED) is 0.185. The molecule has 3 rings (SSSR count). The van der Waals surface area contributed by atoms with Gasteiger partial charge in [-0.3, -0.25) is 9.59 Å². The van der Waals surface area contributed by atoms with E-state index in [0.717, 1.165) is 35.2 Å². The number of hydrogen-bond donors (Lipinski definition) is 2. The Hall–Kier alpha value is -4.13. The van der Waals surface area contributed by atoms with Crippen LogP contribution in [0.5, 0.6) is 0 Å². The minimum atomic E-state index is -0.171. The summed E-state index contributed by atoms with van der Waals surface area (Å²) in [4.78, 5) is 24.3. The summed E-state index contributed by atoms with van der Waals surface area (Å²) < 4.78 is 7.10. The van der Waals surface area contributed by atoms with Crippen molar-refractivity contribution in [3.8, 4) is 11.3 Å². The number of carbonyl (C=O) groups excluding carboxylic acids is 1. The predicted octanol–water partition coefficient (Wildman–Crippen LogP) is 7.25. The average Bonchev–Trinajstić information content (AvgIpc) is 2.99. The first kappa shape index (κ1) is 33.9. The van der Waals surface area contributed by atoms with Crippen molar-refractivity contribution >= 4 is 17.7 Å². The number of nitrogens with zero attached hydrogens (tertiary/aromatic N) is 2. The molecule has 1 aromatic heterocycles. The van der Waals surface area contributed by atoms with Gasteiger partial charge >= 0.3 is 0 Å². The number of aromatic nitrogens is 2. The highest BCUT2D eigenvalue weighted by molar-refractivity contribution is 5.91. The minimum Gasteiger partial charge on any atom is -0.479 e. The molecule has 216 valence electrons. The SMILES string of the molecule is CC.CC.CC/C=C(\Nc1cccc(Cn2nc(-c3ccc(/C=C/C(=O)NCCC)cc3)ccc2=O)c1)OCC. The maximum absolute atomic E-state index is 12.5. The summed E-state index contributed by atoms with van der Waals surface area (Å²) in [6.45, 7) is 15.6. The van der Waals surface area contributed by atoms with E-state index in [2.05, 4.69) is 22.7 Å². The molecule has 7 nitrogen and oxygen atoms in total. The highest BCUT2D eigenvalue weighted by Gasteiger charge is 2.06. The third kappa shape index (κ3) is 11.7. The summed E-state index contributed by atoms with van der Waals surface area (Å²) in [5, 5.41) is 10.7. The van der Waals surface area contributed by atoms with Crippen LogP contribution in [-0.2, 0) is 16.1 Å². The molecule has 0 saturated carbocycles. The van der Waals surface area contributed by atoms with Crippen molar-refractivity contribution in [3.63, 3.8) is 0 Å². The van der Waals surface area contributed by atoms with Crippen molar-refractivity contribution in [3.05, 3.63) is 100 Å². The molecule has 0 atom stereocenters. The van der Waals surface area contributed by atoms with Gasteiger partial charge in [-0.1, -0.05) is 77.9 Å². The first-order valence-corrected chi connectivity index (χ1v) is 14.4. The lowest BCUT2D eigenvalue weighted by molar-refractivity contribution is -0.116. The third-order valence-electron chi connectivity index (χ3n) is 5.27. The molecule has 0 radical (unpaired) electrons. The fourth-order valence-corrected chi connectivity index (χ4v) is 3.51. The molecule has 2 aromatic carbocycles. The van der Waals surface area contributed by atoms with Crippen LogP contribution < -0.4 is 16.2 Å². The zero-order chi connectivity index (χ0) is 29.8. The van der Waals surface area contributed by atoms with Gasteiger partial charge in [-0.25, -0.2) is 4.68 Å². The van der Waals surface area contributed by atoms with Crippen LogP contribution in [0.3, 0.4) is 0 Å². The van der Waals surface area contributed by atoms with Gasteiger partial charge in [-0.05, 0) is 61.2 Å². The second kappa shape index (κ2) is 19.9. The summed E-state index contributed by atoms with van der Waals surface area (Å²) in [7, 11) is 0. The van der Waals surface area contributed by atoms with E-state index in [1.54, 1.807) is 12.1 Å². The van der Waals surface area contributed by atoms with E-state index < -0.39 is 0 Å². The fraction of sp³-hybridized carbons (Fsp3) is 0.364. The van der Waals surface area contributed by atoms with Gasteiger partial charge in [0.25, 0.3) is 5.56 Å². The molecular formula is C33H46N4O3. The van der Waals surface area contributed by atoms with Crippen molar-refractivity contribution in [2.75, 3.05) is 18.5 Å². The van der Waals surface area contributed by atoms with Gasteiger partial charge in [-0.15, -0.1) is 0 Å². The summed E-state index contributed by atoms with van der Waals surface area (Å²) in [5.74, 6) is 0.610. The van der Waals surface area contributed by atoms with E-state index >= 15 is 0 Å². The van der Waals surface area contributed by atoms with E-state index in [1.165, 1.54) is 16.8 Å². The van der Waals surface area contributed by atoms with Gasteiger partial charge in [0.1, 0.15) is 0 Å². The van der Waals surface area contributed by atoms with Gasteiger partial charge in [-0.2, -0.15) is 5.10 Å². The number of ether oxygens (including phenoxy) is 1. The smallest absolute Gasteiger partial charge is 0.267 e. The number of anilines is 1. The molecule has 7 heteroatoms. The average molecular weight is 547 g/mol. The lowest BCUT2D eigenvalue weighted by Crippen LogP contribution is -2.22. The number of rotatable bonds is 12. The summed E-state index contributed by atoms with van der Waals surface area (Å²) in [6.07, 6.45) is 7.06. The van der Waals surface area contributed by atoms with Gasteiger partial charge in [0.05, 0.1) is 18.8 Å². The molecule has 0 spiro atoms. The Labute approximate surface area is 240 Å². The van der Waals surface area contributed by atoms with Crippen molar-refractivity contribution in [1.82, 2.24) is 15.1 Å². The lowest BCUT2D eigenvalue weighted by atomic mass is 10.1.